The SMILES string of the molecule is CCCCCCCC(=O)NC(C(=O)O)C(O)c1ccccc1. The number of nitrogens with one attached hydrogen (secondary N) is 1. The van der Waals surface area contributed by atoms with Gasteiger partial charge in [0.25, 0.3) is 0 Å². The van der Waals surface area contributed by atoms with Gasteiger partial charge in [0.05, 0.1) is 0 Å². The lowest BCUT2D eigenvalue weighted by atomic mass is 10.0. The lowest BCUT2D eigenvalue weighted by molar-refractivity contribution is -0.145. The number of carboxylic acids is 1. The Bertz CT molecular complexity index is 461. The second-order valence-corrected chi connectivity index (χ2v) is 5.40. The third-order valence-electron chi connectivity index (χ3n) is 3.55. The zero-order valence-electron chi connectivity index (χ0n) is 13.0. The summed E-state index contributed by atoms with van der Waals surface area (Å²) in [5.74, 6) is -1.57. The van der Waals surface area contributed by atoms with Crippen LogP contribution in [-0.2, 0) is 9.59 Å². The van der Waals surface area contributed by atoms with Gasteiger partial charge < -0.3 is 15.5 Å². The molecule has 0 aliphatic rings. The quantitative estimate of drug-likeness (QED) is 0.580. The number of carboxylic acid groups (broad SMARTS) is 1. The first-order valence-electron chi connectivity index (χ1n) is 7.81. The van der Waals surface area contributed by atoms with E-state index < -0.39 is 18.1 Å². The molecule has 1 amide bonds. The van der Waals surface area contributed by atoms with Crippen molar-refractivity contribution in [2.75, 3.05) is 0 Å². The van der Waals surface area contributed by atoms with Gasteiger partial charge in [-0.25, -0.2) is 4.79 Å². The van der Waals surface area contributed by atoms with E-state index in [1.807, 2.05) is 0 Å². The smallest absolute Gasteiger partial charge is 0.329 e. The Morgan fingerprint density at radius 1 is 1.09 bits per heavy atom. The molecular weight excluding hydrogens is 282 g/mol. The number of rotatable bonds is 10. The highest BCUT2D eigenvalue weighted by molar-refractivity contribution is 5.84. The van der Waals surface area contributed by atoms with Crippen molar-refractivity contribution in [1.82, 2.24) is 5.32 Å². The monoisotopic (exact) mass is 307 g/mol. The summed E-state index contributed by atoms with van der Waals surface area (Å²) in [6.45, 7) is 2.12. The number of carbonyl (C=O) groups is 2. The zero-order chi connectivity index (χ0) is 16.4. The first kappa shape index (κ1) is 18.2. The largest absolute Gasteiger partial charge is 0.480 e. The molecule has 0 aliphatic carbocycles. The van der Waals surface area contributed by atoms with E-state index >= 15 is 0 Å². The number of aliphatic hydroxyl groups is 1. The van der Waals surface area contributed by atoms with Crippen LogP contribution in [0.5, 0.6) is 0 Å². The summed E-state index contributed by atoms with van der Waals surface area (Å²) < 4.78 is 0. The highest BCUT2D eigenvalue weighted by Crippen LogP contribution is 2.17. The second kappa shape index (κ2) is 9.95. The van der Waals surface area contributed by atoms with Crippen molar-refractivity contribution in [2.24, 2.45) is 0 Å². The van der Waals surface area contributed by atoms with Crippen molar-refractivity contribution in [1.29, 1.82) is 0 Å². The maximum absolute atomic E-state index is 11.8. The number of benzene rings is 1. The van der Waals surface area contributed by atoms with Crippen molar-refractivity contribution < 1.29 is 19.8 Å². The van der Waals surface area contributed by atoms with Crippen LogP contribution in [0.4, 0.5) is 0 Å². The molecule has 5 heteroatoms. The fourth-order valence-corrected chi connectivity index (χ4v) is 2.25. The van der Waals surface area contributed by atoms with Gasteiger partial charge in [-0.3, -0.25) is 4.79 Å². The van der Waals surface area contributed by atoms with Gasteiger partial charge in [-0.15, -0.1) is 0 Å². The molecular formula is C17H25NO4. The van der Waals surface area contributed by atoms with Crippen LogP contribution in [0.25, 0.3) is 0 Å². The van der Waals surface area contributed by atoms with E-state index in [9.17, 15) is 19.8 Å². The molecule has 0 bridgehead atoms. The van der Waals surface area contributed by atoms with Gasteiger partial charge in [0, 0.05) is 6.42 Å². The fraction of sp³-hybridized carbons (Fsp3) is 0.529. The predicted octanol–water partition coefficient (Wildman–Crippen LogP) is 2.65. The van der Waals surface area contributed by atoms with Gasteiger partial charge in [0.1, 0.15) is 6.10 Å². The highest BCUT2D eigenvalue weighted by Gasteiger charge is 2.29. The van der Waals surface area contributed by atoms with Crippen molar-refractivity contribution >= 4 is 11.9 Å². The Balaban J connectivity index is 2.50. The van der Waals surface area contributed by atoms with Gasteiger partial charge in [-0.05, 0) is 12.0 Å². The molecule has 2 atom stereocenters. The topological polar surface area (TPSA) is 86.6 Å². The summed E-state index contributed by atoms with van der Waals surface area (Å²) in [5, 5.41) is 21.8. The normalized spacial score (nSPS) is 13.4. The van der Waals surface area contributed by atoms with Crippen molar-refractivity contribution in [3.63, 3.8) is 0 Å². The van der Waals surface area contributed by atoms with E-state index in [4.69, 9.17) is 0 Å². The minimum Gasteiger partial charge on any atom is -0.480 e. The third kappa shape index (κ3) is 6.26. The molecule has 0 saturated carbocycles. The minimum absolute atomic E-state index is 0.287. The number of carbonyl (C=O) groups excluding carboxylic acids is 1. The molecule has 0 aliphatic heterocycles. The van der Waals surface area contributed by atoms with Crippen LogP contribution in [0, 0.1) is 0 Å². The van der Waals surface area contributed by atoms with Gasteiger partial charge in [0.15, 0.2) is 6.04 Å². The van der Waals surface area contributed by atoms with E-state index in [0.717, 1.165) is 32.1 Å². The average molecular weight is 307 g/mol. The van der Waals surface area contributed by atoms with Gasteiger partial charge >= 0.3 is 5.97 Å². The second-order valence-electron chi connectivity index (χ2n) is 5.40. The van der Waals surface area contributed by atoms with Crippen molar-refractivity contribution in [2.45, 2.75) is 57.6 Å². The fourth-order valence-electron chi connectivity index (χ4n) is 2.25. The van der Waals surface area contributed by atoms with Crippen LogP contribution in [0.1, 0.15) is 57.1 Å². The van der Waals surface area contributed by atoms with Crippen molar-refractivity contribution in [3.05, 3.63) is 35.9 Å². The summed E-state index contributed by atoms with van der Waals surface area (Å²) >= 11 is 0. The van der Waals surface area contributed by atoms with Crippen LogP contribution in [0.3, 0.4) is 0 Å². The molecule has 2 unspecified atom stereocenters. The standard InChI is InChI=1S/C17H25NO4/c1-2-3-4-5-9-12-14(19)18-15(17(21)22)16(20)13-10-7-6-8-11-13/h6-8,10-11,15-16,20H,2-5,9,12H2,1H3,(H,18,19)(H,21,22). The molecule has 0 aromatic heterocycles. The molecule has 0 spiro atoms. The number of aliphatic hydroxyl groups excluding tert-OH is 1. The minimum atomic E-state index is -1.33. The maximum atomic E-state index is 11.8. The van der Waals surface area contributed by atoms with Gasteiger partial charge in [-0.1, -0.05) is 62.9 Å². The molecule has 0 fully saturated rings. The highest BCUT2D eigenvalue weighted by atomic mass is 16.4. The summed E-state index contributed by atoms with van der Waals surface area (Å²) in [6.07, 6.45) is 4.08. The van der Waals surface area contributed by atoms with E-state index in [0.29, 0.717) is 5.56 Å². The number of unbranched alkanes of at least 4 members (excludes halogenated alkanes) is 4. The molecule has 1 aromatic rings. The van der Waals surface area contributed by atoms with E-state index in [1.165, 1.54) is 0 Å². The molecule has 122 valence electrons. The Kier molecular flexibility index (Phi) is 8.22. The summed E-state index contributed by atoms with van der Waals surface area (Å²) in [7, 11) is 0. The van der Waals surface area contributed by atoms with Crippen molar-refractivity contribution in [3.8, 4) is 0 Å². The summed E-state index contributed by atoms with van der Waals surface area (Å²) in [6, 6.07) is 7.15. The van der Waals surface area contributed by atoms with Gasteiger partial charge in [0.2, 0.25) is 5.91 Å². The Morgan fingerprint density at radius 2 is 1.73 bits per heavy atom. The van der Waals surface area contributed by atoms with Crippen LogP contribution in [0.2, 0.25) is 0 Å². The molecule has 0 heterocycles. The molecule has 1 aromatic carbocycles. The third-order valence-corrected chi connectivity index (χ3v) is 3.55. The number of hydrogen-bond donors (Lipinski definition) is 3. The van der Waals surface area contributed by atoms with Gasteiger partial charge in [-0.2, -0.15) is 0 Å². The number of hydrogen-bond acceptors (Lipinski definition) is 3. The Hall–Kier alpha value is -1.88. The lowest BCUT2D eigenvalue weighted by Gasteiger charge is -2.20. The van der Waals surface area contributed by atoms with Crippen LogP contribution >= 0.6 is 0 Å². The predicted molar refractivity (Wildman–Crippen MR) is 84.3 cm³/mol. The average Bonchev–Trinajstić information content (AvgIpc) is 2.52. The van der Waals surface area contributed by atoms with Crippen LogP contribution in [-0.4, -0.2) is 28.1 Å². The van der Waals surface area contributed by atoms with E-state index in [-0.39, 0.29) is 12.3 Å². The van der Waals surface area contributed by atoms with Crippen LogP contribution in [0.15, 0.2) is 30.3 Å². The molecule has 22 heavy (non-hydrogen) atoms. The summed E-state index contributed by atoms with van der Waals surface area (Å²) in [4.78, 5) is 23.1. The van der Waals surface area contributed by atoms with E-state index in [1.54, 1.807) is 30.3 Å². The summed E-state index contributed by atoms with van der Waals surface area (Å²) in [5.41, 5.74) is 0.471. The van der Waals surface area contributed by atoms with Crippen LogP contribution < -0.4 is 5.32 Å². The lowest BCUT2D eigenvalue weighted by Crippen LogP contribution is -2.44. The molecule has 0 saturated heterocycles. The zero-order valence-corrected chi connectivity index (χ0v) is 13.0. The molecule has 5 nitrogen and oxygen atoms in total. The maximum Gasteiger partial charge on any atom is 0.329 e. The molecule has 0 radical (unpaired) electrons. The molecule has 3 N–H and O–H groups in total. The first-order valence-corrected chi connectivity index (χ1v) is 7.81. The first-order chi connectivity index (χ1) is 10.6. The number of amides is 1. The Morgan fingerprint density at radius 3 is 2.32 bits per heavy atom. The molecule has 1 rings (SSSR count). The number of aliphatic carboxylic acids is 1. The van der Waals surface area contributed by atoms with E-state index in [2.05, 4.69) is 12.2 Å². The Labute approximate surface area is 131 Å².